The van der Waals surface area contributed by atoms with Gasteiger partial charge in [0.1, 0.15) is 0 Å². The molecule has 98 valence electrons. The van der Waals surface area contributed by atoms with E-state index in [1.165, 1.54) is 10.9 Å². The Bertz CT molecular complexity index is 596. The molecule has 0 bridgehead atoms. The Kier molecular flexibility index (Phi) is 3.34. The molecule has 0 saturated carbocycles. The molecule has 18 heavy (non-hydrogen) atoms. The van der Waals surface area contributed by atoms with E-state index in [1.54, 1.807) is 30.2 Å². The molecular formula is C9H14N6O2S. The number of nitrogens with one attached hydrogen (secondary N) is 1. The van der Waals surface area contributed by atoms with Gasteiger partial charge in [0.2, 0.25) is 0 Å². The van der Waals surface area contributed by atoms with Crippen LogP contribution in [-0.4, -0.2) is 34.3 Å². The van der Waals surface area contributed by atoms with Gasteiger partial charge >= 0.3 is 0 Å². The second kappa shape index (κ2) is 4.78. The van der Waals surface area contributed by atoms with Crippen molar-refractivity contribution in [1.82, 2.24) is 24.1 Å². The van der Waals surface area contributed by atoms with E-state index in [0.717, 1.165) is 0 Å². The third-order valence-corrected chi connectivity index (χ3v) is 3.95. The summed E-state index contributed by atoms with van der Waals surface area (Å²) in [6.45, 7) is 0.679. The highest BCUT2D eigenvalue weighted by molar-refractivity contribution is 7.89. The van der Waals surface area contributed by atoms with Gasteiger partial charge in [-0.3, -0.25) is 4.68 Å². The number of imidazole rings is 1. The van der Waals surface area contributed by atoms with Gasteiger partial charge in [0.25, 0.3) is 10.0 Å². The summed E-state index contributed by atoms with van der Waals surface area (Å²) in [5.74, 6) is -0.0101. The zero-order chi connectivity index (χ0) is 13.2. The molecule has 0 aliphatic heterocycles. The van der Waals surface area contributed by atoms with Crippen LogP contribution in [0.5, 0.6) is 0 Å². The Morgan fingerprint density at radius 1 is 1.50 bits per heavy atom. The first-order valence-electron chi connectivity index (χ1n) is 5.24. The average Bonchev–Trinajstić information content (AvgIpc) is 2.89. The summed E-state index contributed by atoms with van der Waals surface area (Å²) < 4.78 is 29.4. The predicted octanol–water partition coefficient (Wildman–Crippen LogP) is -0.823. The summed E-state index contributed by atoms with van der Waals surface area (Å²) in [4.78, 5) is 3.74. The SMILES string of the molecule is Cn1cnc(N)c1S(=O)(=O)NCCn1cccn1. The Hall–Kier alpha value is -1.87. The minimum atomic E-state index is -3.65. The van der Waals surface area contributed by atoms with Crippen molar-refractivity contribution in [2.45, 2.75) is 11.6 Å². The second-order valence-corrected chi connectivity index (χ2v) is 5.40. The molecule has 2 rings (SSSR count). The summed E-state index contributed by atoms with van der Waals surface area (Å²) in [5, 5.41) is 3.95. The number of nitrogens with two attached hydrogens (primary N) is 1. The zero-order valence-electron chi connectivity index (χ0n) is 9.81. The lowest BCUT2D eigenvalue weighted by molar-refractivity contribution is 0.554. The van der Waals surface area contributed by atoms with E-state index < -0.39 is 10.0 Å². The van der Waals surface area contributed by atoms with Gasteiger partial charge < -0.3 is 10.3 Å². The maximum atomic E-state index is 12.0. The standard InChI is InChI=1S/C9H14N6O2S/c1-14-7-11-8(10)9(14)18(16,17)13-4-6-15-5-2-3-12-15/h2-3,5,7,13H,4,6,10H2,1H3. The lowest BCUT2D eigenvalue weighted by Crippen LogP contribution is -2.29. The van der Waals surface area contributed by atoms with Crippen LogP contribution in [0.4, 0.5) is 5.82 Å². The molecule has 0 unspecified atom stereocenters. The van der Waals surface area contributed by atoms with Crippen LogP contribution in [0, 0.1) is 0 Å². The number of anilines is 1. The number of sulfonamides is 1. The van der Waals surface area contributed by atoms with Crippen LogP contribution in [0.3, 0.4) is 0 Å². The molecule has 2 heterocycles. The van der Waals surface area contributed by atoms with E-state index in [0.29, 0.717) is 6.54 Å². The molecule has 0 aliphatic rings. The topological polar surface area (TPSA) is 108 Å². The number of hydrogen-bond acceptors (Lipinski definition) is 5. The quantitative estimate of drug-likeness (QED) is 0.738. The number of aryl methyl sites for hydroxylation is 1. The first-order valence-corrected chi connectivity index (χ1v) is 6.73. The van der Waals surface area contributed by atoms with Crippen LogP contribution >= 0.6 is 0 Å². The molecule has 0 radical (unpaired) electrons. The largest absolute Gasteiger partial charge is 0.381 e. The van der Waals surface area contributed by atoms with E-state index in [2.05, 4.69) is 14.8 Å². The highest BCUT2D eigenvalue weighted by Gasteiger charge is 2.21. The van der Waals surface area contributed by atoms with E-state index in [1.807, 2.05) is 0 Å². The monoisotopic (exact) mass is 270 g/mol. The Labute approximate surface area is 104 Å². The zero-order valence-corrected chi connectivity index (χ0v) is 10.6. The third-order valence-electron chi connectivity index (χ3n) is 2.36. The highest BCUT2D eigenvalue weighted by Crippen LogP contribution is 2.14. The number of rotatable bonds is 5. The Morgan fingerprint density at radius 3 is 2.83 bits per heavy atom. The van der Waals surface area contributed by atoms with E-state index >= 15 is 0 Å². The smallest absolute Gasteiger partial charge is 0.260 e. The highest BCUT2D eigenvalue weighted by atomic mass is 32.2. The fourth-order valence-electron chi connectivity index (χ4n) is 1.56. The lowest BCUT2D eigenvalue weighted by Gasteiger charge is -2.07. The predicted molar refractivity (Wildman–Crippen MR) is 65.0 cm³/mol. The summed E-state index contributed by atoms with van der Waals surface area (Å²) >= 11 is 0. The molecule has 3 N–H and O–H groups in total. The molecule has 2 aromatic heterocycles. The maximum Gasteiger partial charge on any atom is 0.260 e. The van der Waals surface area contributed by atoms with Crippen molar-refractivity contribution < 1.29 is 8.42 Å². The molecule has 0 aliphatic carbocycles. The van der Waals surface area contributed by atoms with Gasteiger partial charge in [-0.1, -0.05) is 0 Å². The molecule has 0 aromatic carbocycles. The van der Waals surface area contributed by atoms with Gasteiger partial charge in [-0.05, 0) is 6.07 Å². The van der Waals surface area contributed by atoms with Crippen LogP contribution in [-0.2, 0) is 23.6 Å². The summed E-state index contributed by atoms with van der Waals surface area (Å²) in [7, 11) is -2.07. The molecule has 0 fully saturated rings. The first kappa shape index (κ1) is 12.6. The van der Waals surface area contributed by atoms with Gasteiger partial charge in [0.15, 0.2) is 10.8 Å². The van der Waals surface area contributed by atoms with Crippen molar-refractivity contribution in [1.29, 1.82) is 0 Å². The van der Waals surface area contributed by atoms with Gasteiger partial charge in [0, 0.05) is 26.0 Å². The van der Waals surface area contributed by atoms with Crippen molar-refractivity contribution in [3.05, 3.63) is 24.8 Å². The summed E-state index contributed by atoms with van der Waals surface area (Å²) in [6.07, 6.45) is 4.75. The van der Waals surface area contributed by atoms with Crippen LogP contribution in [0.1, 0.15) is 0 Å². The van der Waals surface area contributed by atoms with Gasteiger partial charge in [-0.25, -0.2) is 18.1 Å². The number of hydrogen-bond donors (Lipinski definition) is 2. The van der Waals surface area contributed by atoms with Gasteiger partial charge in [-0.2, -0.15) is 5.10 Å². The second-order valence-electron chi connectivity index (χ2n) is 3.71. The van der Waals surface area contributed by atoms with Crippen LogP contribution < -0.4 is 10.5 Å². The van der Waals surface area contributed by atoms with Crippen molar-refractivity contribution in [3.8, 4) is 0 Å². The van der Waals surface area contributed by atoms with E-state index in [4.69, 9.17) is 5.73 Å². The maximum absolute atomic E-state index is 12.0. The van der Waals surface area contributed by atoms with Crippen molar-refractivity contribution in [2.24, 2.45) is 7.05 Å². The normalized spacial score (nSPS) is 11.8. The number of nitrogen functional groups attached to an aromatic ring is 1. The van der Waals surface area contributed by atoms with Crippen molar-refractivity contribution >= 4 is 15.8 Å². The molecule has 9 heteroatoms. The fraction of sp³-hybridized carbons (Fsp3) is 0.333. The Balaban J connectivity index is 2.04. The lowest BCUT2D eigenvalue weighted by atomic mass is 10.6. The van der Waals surface area contributed by atoms with Gasteiger partial charge in [-0.15, -0.1) is 0 Å². The molecule has 0 saturated heterocycles. The average molecular weight is 270 g/mol. The number of nitrogens with zero attached hydrogens (tertiary/aromatic N) is 4. The van der Waals surface area contributed by atoms with Crippen LogP contribution in [0.15, 0.2) is 29.8 Å². The molecule has 0 amide bonds. The fourth-order valence-corrected chi connectivity index (χ4v) is 2.81. The molecule has 0 atom stereocenters. The molecule has 8 nitrogen and oxygen atoms in total. The Morgan fingerprint density at radius 2 is 2.28 bits per heavy atom. The molecule has 2 aromatic rings. The number of aromatic nitrogens is 4. The minimum Gasteiger partial charge on any atom is -0.381 e. The van der Waals surface area contributed by atoms with Crippen molar-refractivity contribution in [2.75, 3.05) is 12.3 Å². The summed E-state index contributed by atoms with van der Waals surface area (Å²) in [5.41, 5.74) is 5.53. The van der Waals surface area contributed by atoms with E-state index in [9.17, 15) is 8.42 Å². The van der Waals surface area contributed by atoms with Gasteiger partial charge in [0.05, 0.1) is 12.9 Å². The van der Waals surface area contributed by atoms with Crippen LogP contribution in [0.2, 0.25) is 0 Å². The third kappa shape index (κ3) is 2.51. The molecule has 0 spiro atoms. The minimum absolute atomic E-state index is 0.0101. The van der Waals surface area contributed by atoms with E-state index in [-0.39, 0.29) is 17.4 Å². The first-order chi connectivity index (χ1) is 8.50. The summed E-state index contributed by atoms with van der Waals surface area (Å²) in [6, 6.07) is 1.77. The van der Waals surface area contributed by atoms with Crippen LogP contribution in [0.25, 0.3) is 0 Å². The van der Waals surface area contributed by atoms with Crippen molar-refractivity contribution in [3.63, 3.8) is 0 Å². The molecular weight excluding hydrogens is 256 g/mol.